The highest BCUT2D eigenvalue weighted by molar-refractivity contribution is 9.10. The van der Waals surface area contributed by atoms with E-state index >= 15 is 0 Å². The molecule has 2 rings (SSSR count). The fraction of sp³-hybridized carbons (Fsp3) is 0.0909. The van der Waals surface area contributed by atoms with Gasteiger partial charge in [-0.3, -0.25) is 4.98 Å². The van der Waals surface area contributed by atoms with Gasteiger partial charge in [0.2, 0.25) is 0 Å². The molecule has 0 N–H and O–H groups in total. The molecule has 0 aliphatic heterocycles. The molecule has 0 aliphatic carbocycles. The number of hydrogen-bond donors (Lipinski definition) is 0. The van der Waals surface area contributed by atoms with Crippen LogP contribution < -0.4 is 0 Å². The van der Waals surface area contributed by atoms with Crippen LogP contribution in [-0.2, 0) is 0 Å². The maximum absolute atomic E-state index is 8.56. The minimum atomic E-state index is 0.464. The first-order valence-electron chi connectivity index (χ1n) is 4.35. The molecule has 1 aromatic heterocycles. The largest absolute Gasteiger partial charge is 0.256 e. The van der Waals surface area contributed by atoms with Gasteiger partial charge in [-0.2, -0.15) is 5.26 Å². The second-order valence-corrected chi connectivity index (χ2v) is 4.85. The second-order valence-electron chi connectivity index (χ2n) is 2.92. The first kappa shape index (κ1) is 10.5. The molecule has 0 atom stereocenters. The molecule has 0 radical (unpaired) electrons. The van der Waals surface area contributed by atoms with E-state index in [0.717, 1.165) is 20.3 Å². The standard InChI is InChI=1S/C11H7BrN2S/c12-8-1-2-10-9(7-8)11(3-5-14-10)15-6-4-13/h1-3,5,7H,6H2. The number of thioether (sulfide) groups is 1. The highest BCUT2D eigenvalue weighted by Gasteiger charge is 2.02. The summed E-state index contributed by atoms with van der Waals surface area (Å²) >= 11 is 4.97. The molecular weight excluding hydrogens is 272 g/mol. The average molecular weight is 279 g/mol. The van der Waals surface area contributed by atoms with Gasteiger partial charge in [-0.25, -0.2) is 0 Å². The Hall–Kier alpha value is -1.05. The van der Waals surface area contributed by atoms with E-state index in [4.69, 9.17) is 5.26 Å². The zero-order chi connectivity index (χ0) is 10.7. The van der Waals surface area contributed by atoms with Crippen LogP contribution in [0.15, 0.2) is 39.8 Å². The Kier molecular flexibility index (Phi) is 3.24. The van der Waals surface area contributed by atoms with Gasteiger partial charge in [0.25, 0.3) is 0 Å². The van der Waals surface area contributed by atoms with Crippen LogP contribution in [-0.4, -0.2) is 10.7 Å². The highest BCUT2D eigenvalue weighted by Crippen LogP contribution is 2.28. The van der Waals surface area contributed by atoms with Gasteiger partial charge in [-0.1, -0.05) is 15.9 Å². The van der Waals surface area contributed by atoms with Gasteiger partial charge in [0.15, 0.2) is 0 Å². The third-order valence-electron chi connectivity index (χ3n) is 1.96. The normalized spacial score (nSPS) is 10.1. The summed E-state index contributed by atoms with van der Waals surface area (Å²) in [7, 11) is 0. The van der Waals surface area contributed by atoms with E-state index in [1.165, 1.54) is 11.8 Å². The molecule has 0 saturated carbocycles. The van der Waals surface area contributed by atoms with Crippen molar-refractivity contribution in [2.45, 2.75) is 4.90 Å². The lowest BCUT2D eigenvalue weighted by molar-refractivity contribution is 1.35. The molecule has 0 amide bonds. The molecule has 0 bridgehead atoms. The average Bonchev–Trinajstić information content (AvgIpc) is 2.26. The summed E-state index contributed by atoms with van der Waals surface area (Å²) < 4.78 is 1.03. The van der Waals surface area contributed by atoms with Crippen molar-refractivity contribution >= 4 is 38.6 Å². The van der Waals surface area contributed by atoms with Gasteiger partial charge >= 0.3 is 0 Å². The van der Waals surface area contributed by atoms with Crippen molar-refractivity contribution in [3.8, 4) is 6.07 Å². The van der Waals surface area contributed by atoms with Crippen molar-refractivity contribution in [1.82, 2.24) is 4.98 Å². The fourth-order valence-corrected chi connectivity index (χ4v) is 2.39. The lowest BCUT2D eigenvalue weighted by Gasteiger charge is -2.03. The Balaban J connectivity index is 2.54. The van der Waals surface area contributed by atoms with Gasteiger partial charge in [-0.15, -0.1) is 11.8 Å². The van der Waals surface area contributed by atoms with E-state index in [1.807, 2.05) is 24.3 Å². The number of fused-ring (bicyclic) bond motifs is 1. The van der Waals surface area contributed by atoms with Crippen LogP contribution in [0.1, 0.15) is 0 Å². The molecule has 15 heavy (non-hydrogen) atoms. The van der Waals surface area contributed by atoms with Gasteiger partial charge in [0.05, 0.1) is 17.3 Å². The number of halogens is 1. The Morgan fingerprint density at radius 3 is 3.07 bits per heavy atom. The lowest BCUT2D eigenvalue weighted by Crippen LogP contribution is -1.82. The van der Waals surface area contributed by atoms with Crippen LogP contribution in [0.25, 0.3) is 10.9 Å². The maximum atomic E-state index is 8.56. The lowest BCUT2D eigenvalue weighted by atomic mass is 10.2. The van der Waals surface area contributed by atoms with Gasteiger partial charge < -0.3 is 0 Å². The fourth-order valence-electron chi connectivity index (χ4n) is 1.33. The molecule has 2 nitrogen and oxygen atoms in total. The molecule has 4 heteroatoms. The Morgan fingerprint density at radius 1 is 1.40 bits per heavy atom. The molecule has 0 spiro atoms. The first-order valence-corrected chi connectivity index (χ1v) is 6.13. The maximum Gasteiger partial charge on any atom is 0.0855 e. The minimum Gasteiger partial charge on any atom is -0.256 e. The minimum absolute atomic E-state index is 0.464. The van der Waals surface area contributed by atoms with Crippen LogP contribution in [0.3, 0.4) is 0 Å². The molecule has 0 aliphatic rings. The molecule has 1 aromatic carbocycles. The van der Waals surface area contributed by atoms with E-state index in [9.17, 15) is 0 Å². The highest BCUT2D eigenvalue weighted by atomic mass is 79.9. The summed E-state index contributed by atoms with van der Waals surface area (Å²) in [5, 5.41) is 9.65. The third kappa shape index (κ3) is 2.31. The number of benzene rings is 1. The topological polar surface area (TPSA) is 36.7 Å². The monoisotopic (exact) mass is 278 g/mol. The molecular formula is C11H7BrN2S. The van der Waals surface area contributed by atoms with Gasteiger partial charge in [0, 0.05) is 21.0 Å². The molecule has 74 valence electrons. The van der Waals surface area contributed by atoms with Gasteiger partial charge in [0.1, 0.15) is 0 Å². The molecule has 1 heterocycles. The van der Waals surface area contributed by atoms with Crippen molar-refractivity contribution in [2.75, 3.05) is 5.75 Å². The van der Waals surface area contributed by atoms with Crippen molar-refractivity contribution < 1.29 is 0 Å². The van der Waals surface area contributed by atoms with Crippen LogP contribution in [0.2, 0.25) is 0 Å². The van der Waals surface area contributed by atoms with Crippen LogP contribution in [0, 0.1) is 11.3 Å². The van der Waals surface area contributed by atoms with Crippen molar-refractivity contribution in [2.24, 2.45) is 0 Å². The predicted octanol–water partition coefficient (Wildman–Crippen LogP) is 3.61. The molecule has 0 saturated heterocycles. The quantitative estimate of drug-likeness (QED) is 0.788. The van der Waals surface area contributed by atoms with E-state index in [2.05, 4.69) is 27.0 Å². The number of rotatable bonds is 2. The number of nitriles is 1. The second kappa shape index (κ2) is 4.65. The van der Waals surface area contributed by atoms with E-state index in [1.54, 1.807) is 6.20 Å². The summed E-state index contributed by atoms with van der Waals surface area (Å²) in [6, 6.07) is 10.0. The zero-order valence-corrected chi connectivity index (χ0v) is 10.2. The Labute approximate surface area is 100 Å². The number of aromatic nitrogens is 1. The van der Waals surface area contributed by atoms with E-state index in [-0.39, 0.29) is 0 Å². The number of pyridine rings is 1. The summed E-state index contributed by atoms with van der Waals surface area (Å²) in [4.78, 5) is 5.37. The van der Waals surface area contributed by atoms with Crippen molar-refractivity contribution in [1.29, 1.82) is 5.26 Å². The van der Waals surface area contributed by atoms with Crippen LogP contribution in [0.5, 0.6) is 0 Å². The molecule has 2 aromatic rings. The third-order valence-corrected chi connectivity index (χ3v) is 3.39. The molecule has 0 unspecified atom stereocenters. The van der Waals surface area contributed by atoms with Gasteiger partial charge in [-0.05, 0) is 24.3 Å². The SMILES string of the molecule is N#CCSc1ccnc2ccc(Br)cc12. The predicted molar refractivity (Wildman–Crippen MR) is 65.8 cm³/mol. The van der Waals surface area contributed by atoms with Crippen LogP contribution >= 0.6 is 27.7 Å². The molecule has 0 fully saturated rings. The van der Waals surface area contributed by atoms with Crippen LogP contribution in [0.4, 0.5) is 0 Å². The summed E-state index contributed by atoms with van der Waals surface area (Å²) in [5.41, 5.74) is 0.959. The number of hydrogen-bond acceptors (Lipinski definition) is 3. The number of nitrogens with zero attached hydrogens (tertiary/aromatic N) is 2. The summed E-state index contributed by atoms with van der Waals surface area (Å²) in [6.07, 6.45) is 1.77. The van der Waals surface area contributed by atoms with E-state index < -0.39 is 0 Å². The smallest absolute Gasteiger partial charge is 0.0855 e. The zero-order valence-electron chi connectivity index (χ0n) is 7.77. The van der Waals surface area contributed by atoms with Crippen molar-refractivity contribution in [3.63, 3.8) is 0 Å². The van der Waals surface area contributed by atoms with E-state index in [0.29, 0.717) is 5.75 Å². The Morgan fingerprint density at radius 2 is 2.27 bits per heavy atom. The Bertz CT molecular complexity index is 534. The summed E-state index contributed by atoms with van der Waals surface area (Å²) in [6.45, 7) is 0. The summed E-state index contributed by atoms with van der Waals surface area (Å²) in [5.74, 6) is 0.464. The van der Waals surface area contributed by atoms with Crippen molar-refractivity contribution in [3.05, 3.63) is 34.9 Å². The first-order chi connectivity index (χ1) is 7.31.